The van der Waals surface area contributed by atoms with Gasteiger partial charge in [-0.2, -0.15) is 0 Å². The summed E-state index contributed by atoms with van der Waals surface area (Å²) >= 11 is 0. The molecule has 0 spiro atoms. The van der Waals surface area contributed by atoms with Crippen LogP contribution in [-0.2, 0) is 14.3 Å². The Morgan fingerprint density at radius 1 is 1.19 bits per heavy atom. The van der Waals surface area contributed by atoms with E-state index in [-0.39, 0.29) is 12.1 Å². The molecule has 0 aliphatic heterocycles. The van der Waals surface area contributed by atoms with Crippen molar-refractivity contribution in [2.24, 2.45) is 0 Å². The van der Waals surface area contributed by atoms with Crippen LogP contribution in [0.1, 0.15) is 44.6 Å². The fraction of sp³-hybridized carbons (Fsp3) is 0.500. The molecule has 0 radical (unpaired) electrons. The van der Waals surface area contributed by atoms with Crippen molar-refractivity contribution in [1.29, 1.82) is 0 Å². The van der Waals surface area contributed by atoms with Crippen molar-refractivity contribution in [2.75, 3.05) is 13.7 Å². The second kappa shape index (κ2) is 11.1. The molecule has 0 fully saturated rings. The molecule has 116 valence electrons. The van der Waals surface area contributed by atoms with Crippen LogP contribution < -0.4 is 0 Å². The third kappa shape index (κ3) is 8.30. The highest BCUT2D eigenvalue weighted by Gasteiger charge is 2.09. The fourth-order valence-corrected chi connectivity index (χ4v) is 2.02. The highest BCUT2D eigenvalue weighted by Crippen LogP contribution is 2.08. The number of benzene rings is 1. The minimum absolute atomic E-state index is 0.00377. The number of carbonyl (C=O) groups excluding carboxylic acids is 1. The number of rotatable bonds is 10. The van der Waals surface area contributed by atoms with E-state index < -0.39 is 0 Å². The van der Waals surface area contributed by atoms with Crippen molar-refractivity contribution in [1.82, 2.24) is 0 Å². The lowest BCUT2D eigenvalue weighted by atomic mass is 10.1. The van der Waals surface area contributed by atoms with Crippen molar-refractivity contribution in [2.45, 2.75) is 45.1 Å². The van der Waals surface area contributed by atoms with Gasteiger partial charge in [0.25, 0.3) is 0 Å². The number of hydrogen-bond acceptors (Lipinski definition) is 3. The molecule has 0 aliphatic rings. The minimum Gasteiger partial charge on any atom is -0.460 e. The molecule has 1 aromatic rings. The molecule has 0 N–H and O–H groups in total. The van der Waals surface area contributed by atoms with Crippen LogP contribution in [0.5, 0.6) is 0 Å². The standard InChI is InChI=1S/C18H26O3/c1-3-4-5-9-12-17(20-2)15-21-18(19)14-13-16-10-7-6-8-11-16/h6-8,10-11,13-14,17H,3-5,9,12,15H2,1-2H3. The first kappa shape index (κ1) is 17.4. The van der Waals surface area contributed by atoms with Gasteiger partial charge in [0.15, 0.2) is 0 Å². The summed E-state index contributed by atoms with van der Waals surface area (Å²) in [6, 6.07) is 9.69. The number of esters is 1. The molecular weight excluding hydrogens is 264 g/mol. The van der Waals surface area contributed by atoms with Gasteiger partial charge >= 0.3 is 5.97 Å². The average Bonchev–Trinajstić information content (AvgIpc) is 2.53. The molecular formula is C18H26O3. The maximum absolute atomic E-state index is 11.6. The highest BCUT2D eigenvalue weighted by atomic mass is 16.6. The molecule has 1 rings (SSSR count). The van der Waals surface area contributed by atoms with Gasteiger partial charge in [0.2, 0.25) is 0 Å². The van der Waals surface area contributed by atoms with Gasteiger partial charge < -0.3 is 9.47 Å². The Hall–Kier alpha value is -1.61. The van der Waals surface area contributed by atoms with Crippen molar-refractivity contribution >= 4 is 12.0 Å². The maximum atomic E-state index is 11.6. The molecule has 1 atom stereocenters. The summed E-state index contributed by atoms with van der Waals surface area (Å²) in [6.07, 6.45) is 8.93. The number of ether oxygens (including phenoxy) is 2. The van der Waals surface area contributed by atoms with Gasteiger partial charge in [0, 0.05) is 13.2 Å². The van der Waals surface area contributed by atoms with Gasteiger partial charge in [0.05, 0.1) is 6.10 Å². The Morgan fingerprint density at radius 2 is 1.95 bits per heavy atom. The summed E-state index contributed by atoms with van der Waals surface area (Å²) in [5.74, 6) is -0.325. The molecule has 0 amide bonds. The van der Waals surface area contributed by atoms with E-state index in [2.05, 4.69) is 6.92 Å². The lowest BCUT2D eigenvalue weighted by Gasteiger charge is -2.14. The summed E-state index contributed by atoms with van der Waals surface area (Å²) in [6.45, 7) is 2.51. The van der Waals surface area contributed by atoms with Gasteiger partial charge in [0.1, 0.15) is 6.61 Å². The zero-order chi connectivity index (χ0) is 15.3. The molecule has 0 bridgehead atoms. The highest BCUT2D eigenvalue weighted by molar-refractivity contribution is 5.87. The summed E-state index contributed by atoms with van der Waals surface area (Å²) in [4.78, 5) is 11.6. The van der Waals surface area contributed by atoms with Gasteiger partial charge in [-0.3, -0.25) is 0 Å². The summed E-state index contributed by atoms with van der Waals surface area (Å²) in [5.41, 5.74) is 0.984. The number of methoxy groups -OCH3 is 1. The van der Waals surface area contributed by atoms with E-state index in [0.717, 1.165) is 18.4 Å². The molecule has 0 aliphatic carbocycles. The quantitative estimate of drug-likeness (QED) is 0.367. The maximum Gasteiger partial charge on any atom is 0.330 e. The summed E-state index contributed by atoms with van der Waals surface area (Å²) in [7, 11) is 1.66. The zero-order valence-electron chi connectivity index (χ0n) is 13.1. The molecule has 0 saturated heterocycles. The molecule has 3 heteroatoms. The first-order chi connectivity index (χ1) is 10.3. The zero-order valence-corrected chi connectivity index (χ0v) is 13.1. The van der Waals surface area contributed by atoms with E-state index in [4.69, 9.17) is 9.47 Å². The largest absolute Gasteiger partial charge is 0.460 e. The van der Waals surface area contributed by atoms with Crippen LogP contribution in [0, 0.1) is 0 Å². The first-order valence-electron chi connectivity index (χ1n) is 7.69. The van der Waals surface area contributed by atoms with Crippen LogP contribution in [0.3, 0.4) is 0 Å². The third-order valence-corrected chi connectivity index (χ3v) is 3.34. The molecule has 1 aromatic carbocycles. The Morgan fingerprint density at radius 3 is 2.62 bits per heavy atom. The SMILES string of the molecule is CCCCCCC(COC(=O)C=Cc1ccccc1)OC. The van der Waals surface area contributed by atoms with Gasteiger partial charge in [-0.15, -0.1) is 0 Å². The second-order valence-corrected chi connectivity index (χ2v) is 5.08. The molecule has 0 aromatic heterocycles. The molecule has 0 saturated carbocycles. The van der Waals surface area contributed by atoms with Crippen LogP contribution in [-0.4, -0.2) is 25.8 Å². The molecule has 1 unspecified atom stereocenters. The second-order valence-electron chi connectivity index (χ2n) is 5.08. The van der Waals surface area contributed by atoms with Crippen molar-refractivity contribution in [3.63, 3.8) is 0 Å². The lowest BCUT2D eigenvalue weighted by Crippen LogP contribution is -2.20. The smallest absolute Gasteiger partial charge is 0.330 e. The van der Waals surface area contributed by atoms with E-state index in [9.17, 15) is 4.79 Å². The number of hydrogen-bond donors (Lipinski definition) is 0. The van der Waals surface area contributed by atoms with Crippen LogP contribution in [0.2, 0.25) is 0 Å². The third-order valence-electron chi connectivity index (χ3n) is 3.34. The van der Waals surface area contributed by atoms with Crippen molar-refractivity contribution in [3.8, 4) is 0 Å². The predicted octanol–water partition coefficient (Wildman–Crippen LogP) is 4.23. The fourth-order valence-electron chi connectivity index (χ4n) is 2.02. The van der Waals surface area contributed by atoms with E-state index in [1.54, 1.807) is 13.2 Å². The van der Waals surface area contributed by atoms with E-state index in [1.807, 2.05) is 30.3 Å². The Kier molecular flexibility index (Phi) is 9.21. The Balaban J connectivity index is 2.25. The van der Waals surface area contributed by atoms with Gasteiger partial charge in [-0.1, -0.05) is 62.9 Å². The Bertz CT molecular complexity index is 412. The number of carbonyl (C=O) groups is 1. The van der Waals surface area contributed by atoms with E-state index in [1.165, 1.54) is 25.3 Å². The lowest BCUT2D eigenvalue weighted by molar-refractivity contribution is -0.141. The molecule has 0 heterocycles. The summed E-state index contributed by atoms with van der Waals surface area (Å²) < 4.78 is 10.6. The van der Waals surface area contributed by atoms with E-state index in [0.29, 0.717) is 6.61 Å². The Labute approximate surface area is 128 Å². The average molecular weight is 290 g/mol. The van der Waals surface area contributed by atoms with Crippen LogP contribution in [0.15, 0.2) is 36.4 Å². The molecule has 3 nitrogen and oxygen atoms in total. The molecule has 21 heavy (non-hydrogen) atoms. The summed E-state index contributed by atoms with van der Waals surface area (Å²) in [5, 5.41) is 0. The minimum atomic E-state index is -0.325. The van der Waals surface area contributed by atoms with Crippen molar-refractivity contribution in [3.05, 3.63) is 42.0 Å². The van der Waals surface area contributed by atoms with Crippen LogP contribution >= 0.6 is 0 Å². The van der Waals surface area contributed by atoms with Gasteiger partial charge in [-0.05, 0) is 18.1 Å². The van der Waals surface area contributed by atoms with E-state index >= 15 is 0 Å². The van der Waals surface area contributed by atoms with Crippen molar-refractivity contribution < 1.29 is 14.3 Å². The van der Waals surface area contributed by atoms with Gasteiger partial charge in [-0.25, -0.2) is 4.79 Å². The van der Waals surface area contributed by atoms with Crippen LogP contribution in [0.25, 0.3) is 6.08 Å². The van der Waals surface area contributed by atoms with Crippen LogP contribution in [0.4, 0.5) is 0 Å². The predicted molar refractivity (Wildman–Crippen MR) is 86.0 cm³/mol. The first-order valence-corrected chi connectivity index (χ1v) is 7.69. The topological polar surface area (TPSA) is 35.5 Å². The monoisotopic (exact) mass is 290 g/mol. The number of unbranched alkanes of at least 4 members (excludes halogenated alkanes) is 3. The normalized spacial score (nSPS) is 12.5.